The highest BCUT2D eigenvalue weighted by atomic mass is 79.9. The number of thiophene rings is 1. The second-order valence-electron chi connectivity index (χ2n) is 5.56. The van der Waals surface area contributed by atoms with Gasteiger partial charge in [0.15, 0.2) is 10.6 Å². The molecule has 0 aliphatic carbocycles. The van der Waals surface area contributed by atoms with Crippen LogP contribution >= 0.6 is 39.5 Å². The number of aromatic amines is 1. The summed E-state index contributed by atoms with van der Waals surface area (Å²) in [7, 11) is 0. The monoisotopic (exact) mass is 465 g/mol. The first-order chi connectivity index (χ1) is 13.0. The fourth-order valence-electron chi connectivity index (χ4n) is 2.34. The summed E-state index contributed by atoms with van der Waals surface area (Å²) in [5.41, 5.74) is 0.669. The van der Waals surface area contributed by atoms with Gasteiger partial charge in [-0.2, -0.15) is 5.10 Å². The Labute approximate surface area is 172 Å². The minimum Gasteiger partial charge on any atom is -0.347 e. The normalized spacial score (nSPS) is 10.6. The van der Waals surface area contributed by atoms with Crippen LogP contribution in [0.15, 0.2) is 46.3 Å². The van der Waals surface area contributed by atoms with E-state index in [1.54, 1.807) is 28.0 Å². The van der Waals surface area contributed by atoms with E-state index in [0.717, 1.165) is 9.35 Å². The van der Waals surface area contributed by atoms with Gasteiger partial charge in [0, 0.05) is 23.1 Å². The Balaban J connectivity index is 1.49. The zero-order valence-corrected chi connectivity index (χ0v) is 17.3. The number of hydrogen-bond acceptors (Lipinski definition) is 5. The van der Waals surface area contributed by atoms with E-state index >= 15 is 0 Å². The molecule has 0 atom stereocenters. The Bertz CT molecular complexity index is 980. The molecule has 0 radical (unpaired) electrons. The molecule has 0 bridgehead atoms. The molecule has 0 saturated carbocycles. The van der Waals surface area contributed by atoms with E-state index in [4.69, 9.17) is 12.2 Å². The van der Waals surface area contributed by atoms with E-state index in [1.165, 1.54) is 0 Å². The highest BCUT2D eigenvalue weighted by molar-refractivity contribution is 9.10. The van der Waals surface area contributed by atoms with Gasteiger partial charge >= 0.3 is 0 Å². The van der Waals surface area contributed by atoms with Crippen LogP contribution in [-0.4, -0.2) is 33.1 Å². The lowest BCUT2D eigenvalue weighted by Gasteiger charge is -2.08. The van der Waals surface area contributed by atoms with Gasteiger partial charge in [-0.25, -0.2) is 0 Å². The Morgan fingerprint density at radius 2 is 2.00 bits per heavy atom. The van der Waals surface area contributed by atoms with Gasteiger partial charge in [0.25, 0.3) is 0 Å². The lowest BCUT2D eigenvalue weighted by molar-refractivity contribution is -0.124. The summed E-state index contributed by atoms with van der Waals surface area (Å²) in [4.78, 5) is 25.0. The van der Waals surface area contributed by atoms with Gasteiger partial charge in [0.1, 0.15) is 0 Å². The van der Waals surface area contributed by atoms with E-state index in [1.807, 2.05) is 29.6 Å². The molecule has 3 N–H and O–H groups in total. The predicted octanol–water partition coefficient (Wildman–Crippen LogP) is 3.58. The minimum atomic E-state index is -0.287. The van der Waals surface area contributed by atoms with Crippen LogP contribution < -0.4 is 10.6 Å². The van der Waals surface area contributed by atoms with Crippen molar-refractivity contribution < 1.29 is 9.59 Å². The number of aromatic nitrogens is 3. The van der Waals surface area contributed by atoms with Crippen molar-refractivity contribution in [2.45, 2.75) is 13.0 Å². The van der Waals surface area contributed by atoms with E-state index < -0.39 is 0 Å². The molecule has 3 aromatic rings. The van der Waals surface area contributed by atoms with Gasteiger partial charge in [-0.15, -0.1) is 11.3 Å². The summed E-state index contributed by atoms with van der Waals surface area (Å²) in [6.45, 7) is 0.284. The number of H-pyrrole nitrogens is 1. The standard InChI is InChI=1S/C17H16BrN5O2S2/c18-11-3-5-12(6-4-11)20-15(25)10-19-14(24)7-8-23-16(21-22-17(23)26)13-2-1-9-27-13/h1-6,9H,7-8,10H2,(H,19,24)(H,20,25)(H,22,26). The zero-order valence-electron chi connectivity index (χ0n) is 14.1. The van der Waals surface area contributed by atoms with Gasteiger partial charge in [-0.3, -0.25) is 19.3 Å². The largest absolute Gasteiger partial charge is 0.347 e. The third-order valence-corrected chi connectivity index (χ3v) is 5.34. The molecule has 0 spiro atoms. The number of hydrogen-bond donors (Lipinski definition) is 3. The zero-order chi connectivity index (χ0) is 19.2. The maximum atomic E-state index is 12.1. The Kier molecular flexibility index (Phi) is 6.54. The topological polar surface area (TPSA) is 91.8 Å². The summed E-state index contributed by atoms with van der Waals surface area (Å²) >= 11 is 10.1. The summed E-state index contributed by atoms with van der Waals surface area (Å²) in [5.74, 6) is 0.182. The van der Waals surface area contributed by atoms with Crippen LogP contribution in [0.25, 0.3) is 10.7 Å². The number of amides is 2. The molecule has 2 heterocycles. The van der Waals surface area contributed by atoms with Crippen LogP contribution in [0.3, 0.4) is 0 Å². The maximum Gasteiger partial charge on any atom is 0.243 e. The minimum absolute atomic E-state index is 0.0938. The molecule has 1 aromatic carbocycles. The van der Waals surface area contributed by atoms with Gasteiger partial charge in [0.05, 0.1) is 11.4 Å². The predicted molar refractivity (Wildman–Crippen MR) is 111 cm³/mol. The van der Waals surface area contributed by atoms with Crippen LogP contribution in [0, 0.1) is 4.77 Å². The average molecular weight is 466 g/mol. The van der Waals surface area contributed by atoms with Crippen molar-refractivity contribution in [1.29, 1.82) is 0 Å². The molecule has 2 amide bonds. The SMILES string of the molecule is O=C(CCn1c(-c2cccs2)n[nH]c1=S)NCC(=O)Nc1ccc(Br)cc1. The third-order valence-electron chi connectivity index (χ3n) is 3.64. The lowest BCUT2D eigenvalue weighted by Crippen LogP contribution is -2.33. The van der Waals surface area contributed by atoms with Crippen molar-refractivity contribution >= 4 is 57.0 Å². The molecule has 140 valence electrons. The molecule has 27 heavy (non-hydrogen) atoms. The van der Waals surface area contributed by atoms with Crippen molar-refractivity contribution in [3.05, 3.63) is 51.0 Å². The third kappa shape index (κ3) is 5.34. The maximum absolute atomic E-state index is 12.1. The average Bonchev–Trinajstić information content (AvgIpc) is 3.30. The lowest BCUT2D eigenvalue weighted by atomic mass is 10.3. The van der Waals surface area contributed by atoms with Crippen molar-refractivity contribution in [1.82, 2.24) is 20.1 Å². The first kappa shape index (κ1) is 19.5. The second-order valence-corrected chi connectivity index (χ2v) is 7.81. The molecule has 10 heteroatoms. The molecular formula is C17H16BrN5O2S2. The summed E-state index contributed by atoms with van der Waals surface area (Å²) < 4.78 is 3.16. The van der Waals surface area contributed by atoms with Crippen molar-refractivity contribution in [3.63, 3.8) is 0 Å². The molecule has 0 fully saturated rings. The highest BCUT2D eigenvalue weighted by Crippen LogP contribution is 2.22. The van der Waals surface area contributed by atoms with Crippen LogP contribution in [-0.2, 0) is 16.1 Å². The smallest absolute Gasteiger partial charge is 0.243 e. The molecule has 0 aliphatic rings. The number of halogens is 1. The Morgan fingerprint density at radius 3 is 2.70 bits per heavy atom. The van der Waals surface area contributed by atoms with E-state index in [9.17, 15) is 9.59 Å². The van der Waals surface area contributed by atoms with Gasteiger partial charge < -0.3 is 10.6 Å². The Hall–Kier alpha value is -2.30. The quantitative estimate of drug-likeness (QED) is 0.465. The number of nitrogens with one attached hydrogen (secondary N) is 3. The second kappa shape index (κ2) is 9.07. The molecule has 3 rings (SSSR count). The number of carbonyl (C=O) groups excluding carboxylic acids is 2. The van der Waals surface area contributed by atoms with E-state index in [0.29, 0.717) is 22.8 Å². The van der Waals surface area contributed by atoms with Crippen LogP contribution in [0.5, 0.6) is 0 Å². The van der Waals surface area contributed by atoms with E-state index in [-0.39, 0.29) is 24.8 Å². The Morgan fingerprint density at radius 1 is 1.22 bits per heavy atom. The number of rotatable bonds is 7. The van der Waals surface area contributed by atoms with Crippen LogP contribution in [0.4, 0.5) is 5.69 Å². The molecular weight excluding hydrogens is 450 g/mol. The highest BCUT2D eigenvalue weighted by Gasteiger charge is 2.12. The van der Waals surface area contributed by atoms with Crippen LogP contribution in [0.2, 0.25) is 0 Å². The molecule has 2 aromatic heterocycles. The molecule has 0 aliphatic heterocycles. The fraction of sp³-hybridized carbons (Fsp3) is 0.176. The number of anilines is 1. The first-order valence-electron chi connectivity index (χ1n) is 8.04. The van der Waals surface area contributed by atoms with Gasteiger partial charge in [-0.1, -0.05) is 22.0 Å². The van der Waals surface area contributed by atoms with Gasteiger partial charge in [-0.05, 0) is 47.9 Å². The number of carbonyl (C=O) groups is 2. The summed E-state index contributed by atoms with van der Waals surface area (Å²) in [6, 6.07) is 11.1. The number of nitrogens with zero attached hydrogens (tertiary/aromatic N) is 2. The molecule has 0 saturated heterocycles. The van der Waals surface area contributed by atoms with Crippen molar-refractivity contribution in [3.8, 4) is 10.7 Å². The van der Waals surface area contributed by atoms with Crippen LogP contribution in [0.1, 0.15) is 6.42 Å². The fourth-order valence-corrected chi connectivity index (χ4v) is 3.55. The molecule has 7 nitrogen and oxygen atoms in total. The summed E-state index contributed by atoms with van der Waals surface area (Å²) in [5, 5.41) is 14.3. The van der Waals surface area contributed by atoms with E-state index in [2.05, 4.69) is 36.8 Å². The van der Waals surface area contributed by atoms with Crippen molar-refractivity contribution in [2.24, 2.45) is 0 Å². The summed E-state index contributed by atoms with van der Waals surface area (Å²) in [6.07, 6.45) is 0.192. The molecule has 0 unspecified atom stereocenters. The van der Waals surface area contributed by atoms with Gasteiger partial charge in [0.2, 0.25) is 11.8 Å². The van der Waals surface area contributed by atoms with Crippen molar-refractivity contribution in [2.75, 3.05) is 11.9 Å². The number of benzene rings is 1. The first-order valence-corrected chi connectivity index (χ1v) is 10.1.